The fraction of sp³-hybridized carbons (Fsp3) is 0.111. The normalized spacial score (nSPS) is 11.1. The second kappa shape index (κ2) is 8.48. The van der Waals surface area contributed by atoms with Crippen LogP contribution in [0.4, 0.5) is 11.4 Å². The van der Waals surface area contributed by atoms with E-state index < -0.39 is 10.8 Å². The van der Waals surface area contributed by atoms with Crippen LogP contribution in [0.15, 0.2) is 50.1 Å². The Labute approximate surface area is 200 Å². The molecule has 31 heavy (non-hydrogen) atoms. The van der Waals surface area contributed by atoms with Crippen molar-refractivity contribution in [3.05, 3.63) is 65.9 Å². The minimum Gasteiger partial charge on any atom is -0.319 e. The summed E-state index contributed by atoms with van der Waals surface area (Å²) in [7, 11) is 0. The standard InChI is InChI=1S/C18H12Br3N7O3/c1-2-26-8-12(21)17(25-26)14-3-4-22-15-7-13(24-27(14)15)18(29)23-16-10(19)5-9(28(30)31)6-11(16)20/h3-8H,2H2,1H3,(H,23,29). The lowest BCUT2D eigenvalue weighted by Crippen LogP contribution is -2.14. The SMILES string of the molecule is CCn1cc(Br)c(-c2ccnc3cc(C(=O)Nc4c(Br)cc([N+](=O)[O-])cc4Br)nn23)n1. The average Bonchev–Trinajstić information content (AvgIpc) is 3.33. The monoisotopic (exact) mass is 611 g/mol. The van der Waals surface area contributed by atoms with Crippen LogP contribution in [0.1, 0.15) is 17.4 Å². The molecular formula is C18H12Br3N7O3. The fourth-order valence-electron chi connectivity index (χ4n) is 2.88. The Kier molecular flexibility index (Phi) is 5.90. The lowest BCUT2D eigenvalue weighted by atomic mass is 10.2. The summed E-state index contributed by atoms with van der Waals surface area (Å²) in [6, 6.07) is 5.94. The topological polar surface area (TPSA) is 120 Å². The summed E-state index contributed by atoms with van der Waals surface area (Å²) in [5, 5.41) is 22.6. The number of fused-ring (bicyclic) bond motifs is 1. The zero-order chi connectivity index (χ0) is 22.3. The van der Waals surface area contributed by atoms with Gasteiger partial charge >= 0.3 is 0 Å². The summed E-state index contributed by atoms with van der Waals surface area (Å²) in [5.41, 5.74) is 2.18. The number of nitrogens with one attached hydrogen (secondary N) is 1. The Morgan fingerprint density at radius 2 is 1.87 bits per heavy atom. The summed E-state index contributed by atoms with van der Waals surface area (Å²) in [6.07, 6.45) is 3.48. The van der Waals surface area contributed by atoms with Crippen molar-refractivity contribution >= 4 is 70.7 Å². The Morgan fingerprint density at radius 3 is 2.48 bits per heavy atom. The van der Waals surface area contributed by atoms with Crippen LogP contribution in [0.3, 0.4) is 0 Å². The third-order valence-electron chi connectivity index (χ3n) is 4.35. The number of nitro benzene ring substituents is 1. The smallest absolute Gasteiger partial charge is 0.276 e. The van der Waals surface area contributed by atoms with Gasteiger partial charge in [-0.05, 0) is 60.8 Å². The zero-order valence-electron chi connectivity index (χ0n) is 15.7. The van der Waals surface area contributed by atoms with Crippen molar-refractivity contribution in [2.75, 3.05) is 5.32 Å². The number of amides is 1. The molecule has 158 valence electrons. The van der Waals surface area contributed by atoms with Crippen LogP contribution in [0, 0.1) is 10.1 Å². The molecule has 1 aromatic carbocycles. The van der Waals surface area contributed by atoms with Crippen molar-refractivity contribution < 1.29 is 9.72 Å². The summed E-state index contributed by atoms with van der Waals surface area (Å²) in [4.78, 5) is 27.6. The van der Waals surface area contributed by atoms with Crippen LogP contribution in [0.25, 0.3) is 17.0 Å². The van der Waals surface area contributed by atoms with Gasteiger partial charge in [0.05, 0.1) is 20.8 Å². The highest BCUT2D eigenvalue weighted by Crippen LogP contribution is 2.35. The summed E-state index contributed by atoms with van der Waals surface area (Å²) < 4.78 is 4.84. The molecule has 0 bridgehead atoms. The van der Waals surface area contributed by atoms with Crippen LogP contribution >= 0.6 is 47.8 Å². The van der Waals surface area contributed by atoms with Crippen molar-refractivity contribution in [3.8, 4) is 11.4 Å². The first-order valence-corrected chi connectivity index (χ1v) is 11.2. The van der Waals surface area contributed by atoms with E-state index in [0.717, 1.165) is 4.47 Å². The summed E-state index contributed by atoms with van der Waals surface area (Å²) >= 11 is 10.0. The van der Waals surface area contributed by atoms with Crippen LogP contribution in [-0.2, 0) is 6.54 Å². The molecule has 1 N–H and O–H groups in total. The lowest BCUT2D eigenvalue weighted by molar-refractivity contribution is -0.385. The highest BCUT2D eigenvalue weighted by Gasteiger charge is 2.20. The largest absolute Gasteiger partial charge is 0.319 e. The molecule has 3 aromatic heterocycles. The number of aromatic nitrogens is 5. The Hall–Kier alpha value is -2.64. The van der Waals surface area contributed by atoms with Crippen LogP contribution in [0.5, 0.6) is 0 Å². The second-order valence-electron chi connectivity index (χ2n) is 6.31. The van der Waals surface area contributed by atoms with E-state index in [-0.39, 0.29) is 11.4 Å². The van der Waals surface area contributed by atoms with Gasteiger partial charge in [0, 0.05) is 46.1 Å². The number of anilines is 1. The minimum absolute atomic E-state index is 0.115. The zero-order valence-corrected chi connectivity index (χ0v) is 20.5. The van der Waals surface area contributed by atoms with Gasteiger partial charge < -0.3 is 5.32 Å². The van der Waals surface area contributed by atoms with Gasteiger partial charge in [0.25, 0.3) is 11.6 Å². The van der Waals surface area contributed by atoms with Crippen LogP contribution in [0.2, 0.25) is 0 Å². The molecule has 1 amide bonds. The van der Waals surface area contributed by atoms with E-state index in [0.29, 0.717) is 38.2 Å². The first-order valence-electron chi connectivity index (χ1n) is 8.81. The Balaban J connectivity index is 1.70. The van der Waals surface area contributed by atoms with Gasteiger partial charge in [0.15, 0.2) is 11.3 Å². The van der Waals surface area contributed by atoms with E-state index in [1.54, 1.807) is 27.5 Å². The van der Waals surface area contributed by atoms with Crippen molar-refractivity contribution in [2.24, 2.45) is 0 Å². The van der Waals surface area contributed by atoms with E-state index in [1.165, 1.54) is 12.1 Å². The molecule has 0 fully saturated rings. The van der Waals surface area contributed by atoms with Gasteiger partial charge in [-0.2, -0.15) is 10.2 Å². The van der Waals surface area contributed by atoms with Gasteiger partial charge in [-0.1, -0.05) is 0 Å². The number of benzene rings is 1. The molecule has 0 unspecified atom stereocenters. The number of carbonyl (C=O) groups excluding carboxylic acids is 1. The number of aryl methyl sites for hydroxylation is 1. The molecule has 0 aliphatic heterocycles. The first kappa shape index (κ1) is 21.6. The van der Waals surface area contributed by atoms with Crippen molar-refractivity contribution in [1.29, 1.82) is 0 Å². The van der Waals surface area contributed by atoms with Gasteiger partial charge in [0.1, 0.15) is 5.69 Å². The van der Waals surface area contributed by atoms with Crippen molar-refractivity contribution in [3.63, 3.8) is 0 Å². The number of hydrogen-bond acceptors (Lipinski definition) is 6. The highest BCUT2D eigenvalue weighted by atomic mass is 79.9. The van der Waals surface area contributed by atoms with Gasteiger partial charge in [-0.15, -0.1) is 0 Å². The first-order chi connectivity index (χ1) is 14.8. The Morgan fingerprint density at radius 1 is 1.16 bits per heavy atom. The maximum absolute atomic E-state index is 12.9. The predicted molar refractivity (Wildman–Crippen MR) is 124 cm³/mol. The number of halogens is 3. The van der Waals surface area contributed by atoms with E-state index in [9.17, 15) is 14.9 Å². The Bertz CT molecular complexity index is 1330. The molecule has 4 aromatic rings. The molecule has 0 aliphatic rings. The van der Waals surface area contributed by atoms with Gasteiger partial charge in [0.2, 0.25) is 0 Å². The number of nitrogens with zero attached hydrogens (tertiary/aromatic N) is 6. The molecule has 0 saturated carbocycles. The number of non-ortho nitro benzene ring substituents is 1. The maximum atomic E-state index is 12.9. The minimum atomic E-state index is -0.519. The molecule has 3 heterocycles. The lowest BCUT2D eigenvalue weighted by Gasteiger charge is -2.08. The second-order valence-corrected chi connectivity index (χ2v) is 8.87. The quantitative estimate of drug-likeness (QED) is 0.248. The van der Waals surface area contributed by atoms with Gasteiger partial charge in [-0.3, -0.25) is 19.6 Å². The van der Waals surface area contributed by atoms with E-state index >= 15 is 0 Å². The molecular weight excluding hydrogens is 602 g/mol. The molecule has 0 spiro atoms. The molecule has 13 heteroatoms. The number of carbonyl (C=O) groups is 1. The molecule has 0 radical (unpaired) electrons. The molecule has 0 aliphatic carbocycles. The molecule has 0 atom stereocenters. The molecule has 4 rings (SSSR count). The van der Waals surface area contributed by atoms with Crippen LogP contribution < -0.4 is 5.32 Å². The van der Waals surface area contributed by atoms with E-state index in [4.69, 9.17) is 0 Å². The maximum Gasteiger partial charge on any atom is 0.276 e. The third-order valence-corrected chi connectivity index (χ3v) is 6.18. The van der Waals surface area contributed by atoms with Crippen molar-refractivity contribution in [2.45, 2.75) is 13.5 Å². The third kappa shape index (κ3) is 4.12. The number of hydrogen-bond donors (Lipinski definition) is 1. The molecule has 0 saturated heterocycles. The average molecular weight is 614 g/mol. The molecule has 10 nitrogen and oxygen atoms in total. The van der Waals surface area contributed by atoms with Gasteiger partial charge in [-0.25, -0.2) is 9.50 Å². The summed E-state index contributed by atoms with van der Waals surface area (Å²) in [6.45, 7) is 2.69. The fourth-order valence-corrected chi connectivity index (χ4v) is 4.76. The summed E-state index contributed by atoms with van der Waals surface area (Å²) in [5.74, 6) is -0.496. The number of rotatable bonds is 5. The van der Waals surface area contributed by atoms with E-state index in [2.05, 4.69) is 68.3 Å². The van der Waals surface area contributed by atoms with Crippen LogP contribution in [-0.4, -0.2) is 35.2 Å². The number of nitro groups is 1. The predicted octanol–water partition coefficient (Wildman–Crippen LogP) is 5.06. The highest BCUT2D eigenvalue weighted by molar-refractivity contribution is 9.11. The van der Waals surface area contributed by atoms with Crippen molar-refractivity contribution in [1.82, 2.24) is 24.4 Å². The van der Waals surface area contributed by atoms with E-state index in [1.807, 2.05) is 13.1 Å².